The van der Waals surface area contributed by atoms with Crippen LogP contribution in [-0.4, -0.2) is 31.0 Å². The monoisotopic (exact) mass is 316 g/mol. The van der Waals surface area contributed by atoms with Crippen molar-refractivity contribution in [1.82, 2.24) is 10.6 Å². The van der Waals surface area contributed by atoms with Crippen LogP contribution in [0.2, 0.25) is 0 Å². The van der Waals surface area contributed by atoms with Gasteiger partial charge >= 0.3 is 0 Å². The zero-order chi connectivity index (χ0) is 18.2. The number of hydrogen-bond acceptors (Lipinski definition) is 3. The number of nitrogens with one attached hydrogen (secondary N) is 2. The predicted molar refractivity (Wildman–Crippen MR) is 100 cm³/mol. The first-order valence-corrected chi connectivity index (χ1v) is 8.49. The molecule has 0 aromatic heterocycles. The van der Waals surface area contributed by atoms with Gasteiger partial charge in [0.15, 0.2) is 0 Å². The van der Waals surface area contributed by atoms with Crippen LogP contribution >= 0.6 is 0 Å². The number of rotatable bonds is 4. The van der Waals surface area contributed by atoms with Crippen molar-refractivity contribution in [2.45, 2.75) is 94.2 Å². The number of hydrogen-bond donors (Lipinski definition) is 2. The molecule has 0 aliphatic heterocycles. The molecular weight excluding hydrogens is 272 g/mol. The van der Waals surface area contributed by atoms with E-state index < -0.39 is 0 Å². The fourth-order valence-electron chi connectivity index (χ4n) is 1.16. The highest BCUT2D eigenvalue weighted by Crippen LogP contribution is 2.13. The lowest BCUT2D eigenvalue weighted by atomic mass is 9.95. The molecule has 22 heavy (non-hydrogen) atoms. The highest BCUT2D eigenvalue weighted by molar-refractivity contribution is 4.74. The van der Waals surface area contributed by atoms with Gasteiger partial charge in [-0.1, -0.05) is 41.5 Å². The fraction of sp³-hybridized carbons (Fsp3) is 1.00. The Hall–Kier alpha value is -0.120. The van der Waals surface area contributed by atoms with Crippen LogP contribution in [0.3, 0.4) is 0 Å². The van der Waals surface area contributed by atoms with Crippen molar-refractivity contribution >= 4 is 0 Å². The minimum atomic E-state index is 0.151. The second-order valence-electron chi connectivity index (χ2n) is 10.6. The van der Waals surface area contributed by atoms with Gasteiger partial charge in [0.2, 0.25) is 0 Å². The molecule has 0 fully saturated rings. The van der Waals surface area contributed by atoms with E-state index in [-0.39, 0.29) is 16.5 Å². The fourth-order valence-corrected chi connectivity index (χ4v) is 1.16. The molecule has 136 valence electrons. The Morgan fingerprint density at radius 2 is 1.00 bits per heavy atom. The maximum Gasteiger partial charge on any atom is 0.0969 e. The topological polar surface area (TPSA) is 33.3 Å². The summed E-state index contributed by atoms with van der Waals surface area (Å²) in [6.45, 7) is 28.7. The molecule has 0 aromatic rings. The summed E-state index contributed by atoms with van der Waals surface area (Å²) in [4.78, 5) is 0. The summed E-state index contributed by atoms with van der Waals surface area (Å²) in [7, 11) is 0. The SMILES string of the molecule is CC(C)(C)CNC(C)(C)C.CC(C)(C)COCNC(C)(C)C. The first-order chi connectivity index (χ1) is 9.41. The Morgan fingerprint density at radius 3 is 1.23 bits per heavy atom. The molecule has 0 bridgehead atoms. The summed E-state index contributed by atoms with van der Waals surface area (Å²) in [5.41, 5.74) is 1.07. The van der Waals surface area contributed by atoms with Crippen LogP contribution in [0.5, 0.6) is 0 Å². The molecule has 3 nitrogen and oxygen atoms in total. The molecule has 0 aliphatic carbocycles. The Morgan fingerprint density at radius 1 is 0.591 bits per heavy atom. The third-order valence-corrected chi connectivity index (χ3v) is 2.39. The van der Waals surface area contributed by atoms with Crippen LogP contribution in [0.1, 0.15) is 83.1 Å². The lowest BCUT2D eigenvalue weighted by Gasteiger charge is -2.27. The molecule has 0 atom stereocenters. The lowest BCUT2D eigenvalue weighted by Crippen LogP contribution is -2.40. The van der Waals surface area contributed by atoms with Crippen LogP contribution in [0.25, 0.3) is 0 Å². The van der Waals surface area contributed by atoms with Crippen LogP contribution in [-0.2, 0) is 4.74 Å². The summed E-state index contributed by atoms with van der Waals surface area (Å²) in [6, 6.07) is 0. The quantitative estimate of drug-likeness (QED) is 0.576. The van der Waals surface area contributed by atoms with Crippen LogP contribution in [0, 0.1) is 10.8 Å². The van der Waals surface area contributed by atoms with E-state index in [0.717, 1.165) is 13.2 Å². The van der Waals surface area contributed by atoms with Crippen molar-refractivity contribution in [3.8, 4) is 0 Å². The van der Waals surface area contributed by atoms with Crippen LogP contribution in [0.4, 0.5) is 0 Å². The molecular formula is C19H44N2O. The smallest absolute Gasteiger partial charge is 0.0969 e. The van der Waals surface area contributed by atoms with Gasteiger partial charge in [-0.25, -0.2) is 0 Å². The van der Waals surface area contributed by atoms with Gasteiger partial charge < -0.3 is 10.1 Å². The van der Waals surface area contributed by atoms with Gasteiger partial charge in [0, 0.05) is 17.6 Å². The van der Waals surface area contributed by atoms with Gasteiger partial charge in [-0.15, -0.1) is 0 Å². The second kappa shape index (κ2) is 9.24. The highest BCUT2D eigenvalue weighted by Gasteiger charge is 2.15. The van der Waals surface area contributed by atoms with Crippen molar-refractivity contribution < 1.29 is 4.74 Å². The molecule has 3 heteroatoms. The normalized spacial score (nSPS) is 13.6. The summed E-state index contributed by atoms with van der Waals surface area (Å²) in [5.74, 6) is 0. The maximum absolute atomic E-state index is 5.46. The third kappa shape index (κ3) is 28.1. The Kier molecular flexibility index (Phi) is 10.1. The molecule has 0 unspecified atom stereocenters. The van der Waals surface area contributed by atoms with E-state index in [4.69, 9.17) is 4.74 Å². The zero-order valence-electron chi connectivity index (χ0n) is 17.5. The Bertz CT molecular complexity index is 242. The second-order valence-corrected chi connectivity index (χ2v) is 10.6. The van der Waals surface area contributed by atoms with Crippen molar-refractivity contribution in [3.05, 3.63) is 0 Å². The molecule has 0 aromatic carbocycles. The van der Waals surface area contributed by atoms with Gasteiger partial charge in [0.05, 0.1) is 13.3 Å². The van der Waals surface area contributed by atoms with Crippen molar-refractivity contribution in [1.29, 1.82) is 0 Å². The largest absolute Gasteiger partial charge is 0.366 e. The molecule has 0 aliphatic rings. The molecule has 0 saturated carbocycles. The van der Waals surface area contributed by atoms with Gasteiger partial charge in [-0.05, 0) is 52.4 Å². The first-order valence-electron chi connectivity index (χ1n) is 8.49. The molecule has 0 rings (SSSR count). The van der Waals surface area contributed by atoms with Crippen LogP contribution < -0.4 is 10.6 Å². The predicted octanol–water partition coefficient (Wildman–Crippen LogP) is 4.82. The van der Waals surface area contributed by atoms with Gasteiger partial charge in [0.1, 0.15) is 0 Å². The van der Waals surface area contributed by atoms with Gasteiger partial charge in [-0.2, -0.15) is 0 Å². The van der Waals surface area contributed by atoms with Gasteiger partial charge in [-0.3, -0.25) is 5.32 Å². The van der Waals surface area contributed by atoms with Crippen LogP contribution in [0.15, 0.2) is 0 Å². The van der Waals surface area contributed by atoms with E-state index in [0.29, 0.717) is 12.1 Å². The molecule has 0 heterocycles. The molecule has 0 radical (unpaired) electrons. The van der Waals surface area contributed by atoms with E-state index in [2.05, 4.69) is 93.7 Å². The van der Waals surface area contributed by atoms with E-state index in [1.165, 1.54) is 0 Å². The van der Waals surface area contributed by atoms with Crippen molar-refractivity contribution in [2.24, 2.45) is 10.8 Å². The van der Waals surface area contributed by atoms with Gasteiger partial charge in [0.25, 0.3) is 0 Å². The highest BCUT2D eigenvalue weighted by atomic mass is 16.5. The van der Waals surface area contributed by atoms with E-state index in [1.54, 1.807) is 0 Å². The molecule has 0 amide bonds. The minimum absolute atomic E-state index is 0.151. The maximum atomic E-state index is 5.46. The Balaban J connectivity index is 0. The summed E-state index contributed by atoms with van der Waals surface area (Å²) in [6.07, 6.45) is 0. The summed E-state index contributed by atoms with van der Waals surface area (Å²) >= 11 is 0. The van der Waals surface area contributed by atoms with E-state index >= 15 is 0 Å². The lowest BCUT2D eigenvalue weighted by molar-refractivity contribution is 0.0477. The summed E-state index contributed by atoms with van der Waals surface area (Å²) < 4.78 is 5.46. The minimum Gasteiger partial charge on any atom is -0.366 e. The van der Waals surface area contributed by atoms with E-state index in [1.807, 2.05) is 0 Å². The standard InChI is InChI=1S/C10H23NO.C9H21N/c1-9(2,3)7-12-8-11-10(4,5)6;1-8(2,3)7-10-9(4,5)6/h11H,7-8H2,1-6H3;10H,7H2,1-6H3. The number of ether oxygens (including phenoxy) is 1. The molecule has 0 spiro atoms. The van der Waals surface area contributed by atoms with Crippen molar-refractivity contribution in [3.63, 3.8) is 0 Å². The molecule has 0 saturated heterocycles. The average molecular weight is 317 g/mol. The average Bonchev–Trinajstić information content (AvgIpc) is 2.18. The van der Waals surface area contributed by atoms with E-state index in [9.17, 15) is 0 Å². The summed E-state index contributed by atoms with van der Waals surface area (Å²) in [5, 5.41) is 6.73. The Labute approximate surface area is 141 Å². The first kappa shape index (κ1) is 24.1. The van der Waals surface area contributed by atoms with Crippen molar-refractivity contribution in [2.75, 3.05) is 19.9 Å². The zero-order valence-corrected chi connectivity index (χ0v) is 17.5. The third-order valence-electron chi connectivity index (χ3n) is 2.39. The molecule has 2 N–H and O–H groups in total.